The molecule has 0 aliphatic carbocycles. The summed E-state index contributed by atoms with van der Waals surface area (Å²) in [6.07, 6.45) is 3.11. The second kappa shape index (κ2) is 9.50. The van der Waals surface area contributed by atoms with Crippen molar-refractivity contribution in [2.45, 2.75) is 41.2 Å². The molecular formula is C24H26N2O4S2. The molecule has 8 heteroatoms. The smallest absolute Gasteiger partial charge is 0.225 e. The Morgan fingerprint density at radius 2 is 1.97 bits per heavy atom. The van der Waals surface area contributed by atoms with Crippen molar-refractivity contribution >= 4 is 44.7 Å². The number of hydrogen-bond donors (Lipinski definition) is 1. The first-order valence-corrected chi connectivity index (χ1v) is 13.2. The zero-order valence-corrected chi connectivity index (χ0v) is 19.5. The maximum absolute atomic E-state index is 12.9. The molecule has 32 heavy (non-hydrogen) atoms. The molecule has 2 aromatic rings. The Bertz CT molecular complexity index is 1160. The lowest BCUT2D eigenvalue weighted by Gasteiger charge is -2.26. The summed E-state index contributed by atoms with van der Waals surface area (Å²) in [5.41, 5.74) is 2.89. The fourth-order valence-electron chi connectivity index (χ4n) is 3.93. The summed E-state index contributed by atoms with van der Waals surface area (Å²) in [6, 6.07) is 14.9. The number of nitrogens with zero attached hydrogens (tertiary/aromatic N) is 1. The van der Waals surface area contributed by atoms with Crippen LogP contribution >= 0.6 is 11.8 Å². The molecule has 0 saturated carbocycles. The van der Waals surface area contributed by atoms with Gasteiger partial charge < -0.3 is 10.2 Å². The summed E-state index contributed by atoms with van der Waals surface area (Å²) < 4.78 is 25.7. The minimum absolute atomic E-state index is 0.0634. The molecule has 1 unspecified atom stereocenters. The van der Waals surface area contributed by atoms with Crippen molar-refractivity contribution in [3.8, 4) is 0 Å². The van der Waals surface area contributed by atoms with E-state index in [2.05, 4.69) is 17.4 Å². The molecule has 0 saturated heterocycles. The van der Waals surface area contributed by atoms with Gasteiger partial charge in [-0.3, -0.25) is 9.59 Å². The van der Waals surface area contributed by atoms with Gasteiger partial charge in [0.05, 0.1) is 16.3 Å². The molecule has 1 atom stereocenters. The highest BCUT2D eigenvalue weighted by Crippen LogP contribution is 2.36. The van der Waals surface area contributed by atoms with Gasteiger partial charge >= 0.3 is 0 Å². The van der Waals surface area contributed by atoms with Gasteiger partial charge in [-0.05, 0) is 35.8 Å². The number of fused-ring (bicyclic) bond motifs is 1. The molecule has 4 rings (SSSR count). The monoisotopic (exact) mass is 470 g/mol. The second-order valence-electron chi connectivity index (χ2n) is 8.09. The second-order valence-corrected chi connectivity index (χ2v) is 11.7. The van der Waals surface area contributed by atoms with Crippen LogP contribution < -0.4 is 5.32 Å². The van der Waals surface area contributed by atoms with Gasteiger partial charge in [0.15, 0.2) is 9.84 Å². The third kappa shape index (κ3) is 5.24. The molecule has 2 heterocycles. The van der Waals surface area contributed by atoms with Crippen LogP contribution in [0.5, 0.6) is 0 Å². The van der Waals surface area contributed by atoms with Crippen LogP contribution in [0.3, 0.4) is 0 Å². The van der Waals surface area contributed by atoms with Gasteiger partial charge in [0.2, 0.25) is 11.8 Å². The molecule has 2 aromatic carbocycles. The van der Waals surface area contributed by atoms with E-state index in [9.17, 15) is 18.0 Å². The van der Waals surface area contributed by atoms with Crippen LogP contribution in [0.2, 0.25) is 0 Å². The molecule has 1 N–H and O–H groups in total. The first-order chi connectivity index (χ1) is 15.3. The van der Waals surface area contributed by atoms with Gasteiger partial charge in [0.25, 0.3) is 0 Å². The van der Waals surface area contributed by atoms with E-state index in [1.165, 1.54) is 11.6 Å². The van der Waals surface area contributed by atoms with Gasteiger partial charge in [-0.25, -0.2) is 8.42 Å². The van der Waals surface area contributed by atoms with E-state index >= 15 is 0 Å². The van der Waals surface area contributed by atoms with E-state index < -0.39 is 9.84 Å². The predicted octanol–water partition coefficient (Wildman–Crippen LogP) is 3.99. The average molecular weight is 471 g/mol. The Kier molecular flexibility index (Phi) is 6.71. The predicted molar refractivity (Wildman–Crippen MR) is 127 cm³/mol. The molecule has 2 aliphatic heterocycles. The first kappa shape index (κ1) is 22.6. The van der Waals surface area contributed by atoms with Crippen LogP contribution in [0.4, 0.5) is 5.69 Å². The number of anilines is 1. The van der Waals surface area contributed by atoms with Gasteiger partial charge in [-0.1, -0.05) is 43.3 Å². The lowest BCUT2D eigenvalue weighted by atomic mass is 9.99. The van der Waals surface area contributed by atoms with Crippen molar-refractivity contribution in [3.63, 3.8) is 0 Å². The lowest BCUT2D eigenvalue weighted by Crippen LogP contribution is -2.35. The van der Waals surface area contributed by atoms with Crippen LogP contribution in [0.1, 0.15) is 31.7 Å². The molecule has 0 bridgehead atoms. The van der Waals surface area contributed by atoms with Crippen molar-refractivity contribution in [1.29, 1.82) is 0 Å². The van der Waals surface area contributed by atoms with Crippen LogP contribution in [0.15, 0.2) is 64.4 Å². The maximum Gasteiger partial charge on any atom is 0.225 e. The zero-order chi connectivity index (χ0) is 22.7. The average Bonchev–Trinajstić information content (AvgIpc) is 2.93. The van der Waals surface area contributed by atoms with Crippen LogP contribution in [-0.4, -0.2) is 49.2 Å². The van der Waals surface area contributed by atoms with Gasteiger partial charge in [0, 0.05) is 36.1 Å². The van der Waals surface area contributed by atoms with Crippen molar-refractivity contribution in [1.82, 2.24) is 4.90 Å². The number of carbonyl (C=O) groups excluding carboxylic acids is 2. The highest BCUT2D eigenvalue weighted by atomic mass is 32.2. The van der Waals surface area contributed by atoms with Gasteiger partial charge in [-0.15, -0.1) is 11.8 Å². The molecular weight excluding hydrogens is 444 g/mol. The number of nitrogens with one attached hydrogen (secondary N) is 1. The highest BCUT2D eigenvalue weighted by molar-refractivity contribution is 8.00. The number of carbonyl (C=O) groups is 2. The van der Waals surface area contributed by atoms with Crippen LogP contribution in [0, 0.1) is 0 Å². The minimum atomic E-state index is -3.65. The zero-order valence-electron chi connectivity index (χ0n) is 17.9. The summed E-state index contributed by atoms with van der Waals surface area (Å²) in [5, 5.41) is 2.92. The molecule has 0 spiro atoms. The fourth-order valence-corrected chi connectivity index (χ4v) is 6.24. The number of amides is 2. The Labute approximate surface area is 193 Å². The summed E-state index contributed by atoms with van der Waals surface area (Å²) in [5.74, 6) is -0.542. The number of rotatable bonds is 5. The molecule has 0 radical (unpaired) electrons. The SMILES string of the molecule is CC1CC(=O)Nc2cc(S(=O)(=O)CCC(=O)N3CC=C(c4ccccc4)CC3)ccc2S1. The maximum atomic E-state index is 12.9. The molecule has 168 valence electrons. The Morgan fingerprint density at radius 1 is 1.19 bits per heavy atom. The van der Waals surface area contributed by atoms with E-state index in [1.54, 1.807) is 28.8 Å². The standard InChI is InChI=1S/C24H26N2O4S2/c1-17-15-23(27)25-21-16-20(7-8-22(21)31-17)32(29,30)14-11-24(28)26-12-9-19(10-13-26)18-5-3-2-4-6-18/h2-9,16-17H,10-15H2,1H3,(H,25,27). The number of hydrogen-bond acceptors (Lipinski definition) is 5. The Hall–Kier alpha value is -2.58. The van der Waals surface area contributed by atoms with E-state index in [4.69, 9.17) is 0 Å². The number of sulfone groups is 1. The van der Waals surface area contributed by atoms with Crippen LogP contribution in [0.25, 0.3) is 5.57 Å². The lowest BCUT2D eigenvalue weighted by molar-refractivity contribution is -0.130. The fraction of sp³-hybridized carbons (Fsp3) is 0.333. The number of thioether (sulfide) groups is 1. The third-order valence-corrected chi connectivity index (χ3v) is 8.57. The summed E-state index contributed by atoms with van der Waals surface area (Å²) in [6.45, 7) is 3.04. The van der Waals surface area contributed by atoms with E-state index in [0.29, 0.717) is 25.2 Å². The van der Waals surface area contributed by atoms with Crippen molar-refractivity contribution < 1.29 is 18.0 Å². The van der Waals surface area contributed by atoms with E-state index in [-0.39, 0.29) is 34.1 Å². The van der Waals surface area contributed by atoms with Crippen molar-refractivity contribution in [2.24, 2.45) is 0 Å². The van der Waals surface area contributed by atoms with Crippen molar-refractivity contribution in [3.05, 3.63) is 60.2 Å². The molecule has 0 fully saturated rings. The molecule has 2 aliphatic rings. The largest absolute Gasteiger partial charge is 0.339 e. The molecule has 6 nitrogen and oxygen atoms in total. The summed E-state index contributed by atoms with van der Waals surface area (Å²) in [7, 11) is -3.65. The number of benzene rings is 2. The van der Waals surface area contributed by atoms with Gasteiger partial charge in [-0.2, -0.15) is 0 Å². The first-order valence-electron chi connectivity index (χ1n) is 10.7. The van der Waals surface area contributed by atoms with Crippen molar-refractivity contribution in [2.75, 3.05) is 24.2 Å². The molecule has 0 aromatic heterocycles. The minimum Gasteiger partial charge on any atom is -0.339 e. The topological polar surface area (TPSA) is 83.5 Å². The molecule has 2 amide bonds. The normalized spacial score (nSPS) is 18.9. The third-order valence-electron chi connectivity index (χ3n) is 5.68. The van der Waals surface area contributed by atoms with E-state index in [1.807, 2.05) is 31.2 Å². The van der Waals surface area contributed by atoms with E-state index in [0.717, 1.165) is 16.9 Å². The Morgan fingerprint density at radius 3 is 2.69 bits per heavy atom. The van der Waals surface area contributed by atoms with Crippen LogP contribution in [-0.2, 0) is 19.4 Å². The highest BCUT2D eigenvalue weighted by Gasteiger charge is 2.24. The quantitative estimate of drug-likeness (QED) is 0.714. The Balaban J connectivity index is 1.39. The summed E-state index contributed by atoms with van der Waals surface area (Å²) >= 11 is 1.55. The van der Waals surface area contributed by atoms with Gasteiger partial charge in [0.1, 0.15) is 0 Å². The summed E-state index contributed by atoms with van der Waals surface area (Å²) in [4.78, 5) is 27.3.